The first kappa shape index (κ1) is 11.3. The van der Waals surface area contributed by atoms with E-state index in [1.807, 2.05) is 0 Å². The van der Waals surface area contributed by atoms with Gasteiger partial charge in [-0.3, -0.25) is 0 Å². The van der Waals surface area contributed by atoms with Crippen LogP contribution in [-0.4, -0.2) is 11.5 Å². The molecule has 0 saturated heterocycles. The van der Waals surface area contributed by atoms with Gasteiger partial charge in [0.1, 0.15) is 5.82 Å². The molecule has 2 atom stereocenters. The maximum Gasteiger partial charge on any atom is 0.168 e. The van der Waals surface area contributed by atoms with Crippen LogP contribution < -0.4 is 5.32 Å². The van der Waals surface area contributed by atoms with Crippen LogP contribution in [0.15, 0.2) is 12.3 Å². The minimum Gasteiger partial charge on any atom is -0.367 e. The molecular formula is C12H16F2N2. The Hall–Kier alpha value is -1.19. The van der Waals surface area contributed by atoms with Gasteiger partial charge in [0.05, 0.1) is 6.20 Å². The SMILES string of the molecule is CC1CCCC1CNc1ncc(F)cc1F. The number of pyridine rings is 1. The van der Waals surface area contributed by atoms with Gasteiger partial charge in [-0.25, -0.2) is 13.8 Å². The molecule has 1 aromatic rings. The summed E-state index contributed by atoms with van der Waals surface area (Å²) in [6.07, 6.45) is 4.69. The summed E-state index contributed by atoms with van der Waals surface area (Å²) in [6.45, 7) is 2.94. The third-order valence-corrected chi connectivity index (χ3v) is 3.38. The summed E-state index contributed by atoms with van der Waals surface area (Å²) in [5, 5.41) is 2.96. The fraction of sp³-hybridized carbons (Fsp3) is 0.583. The Morgan fingerprint density at radius 2 is 2.25 bits per heavy atom. The summed E-state index contributed by atoms with van der Waals surface area (Å²) < 4.78 is 25.9. The molecule has 0 amide bonds. The van der Waals surface area contributed by atoms with E-state index in [0.29, 0.717) is 11.8 Å². The predicted molar refractivity (Wildman–Crippen MR) is 59.1 cm³/mol. The average Bonchev–Trinajstić information content (AvgIpc) is 2.63. The molecule has 1 fully saturated rings. The highest BCUT2D eigenvalue weighted by molar-refractivity contribution is 5.35. The van der Waals surface area contributed by atoms with E-state index in [1.165, 1.54) is 19.3 Å². The zero-order valence-corrected chi connectivity index (χ0v) is 9.34. The second-order valence-electron chi connectivity index (χ2n) is 4.53. The van der Waals surface area contributed by atoms with Gasteiger partial charge in [-0.1, -0.05) is 19.8 Å². The summed E-state index contributed by atoms with van der Waals surface area (Å²) in [5.74, 6) is 0.144. The standard InChI is InChI=1S/C12H16F2N2/c1-8-3-2-4-9(8)6-15-12-11(14)5-10(13)7-16-12/h5,7-9H,2-4,6H2,1H3,(H,15,16). The first-order chi connectivity index (χ1) is 7.66. The van der Waals surface area contributed by atoms with Crippen molar-refractivity contribution < 1.29 is 8.78 Å². The van der Waals surface area contributed by atoms with Crippen molar-refractivity contribution in [2.24, 2.45) is 11.8 Å². The van der Waals surface area contributed by atoms with Crippen LogP contribution in [0.5, 0.6) is 0 Å². The number of nitrogens with one attached hydrogen (secondary N) is 1. The molecule has 16 heavy (non-hydrogen) atoms. The van der Waals surface area contributed by atoms with Gasteiger partial charge in [0.15, 0.2) is 11.6 Å². The smallest absolute Gasteiger partial charge is 0.168 e. The maximum absolute atomic E-state index is 13.3. The third-order valence-electron chi connectivity index (χ3n) is 3.38. The van der Waals surface area contributed by atoms with Gasteiger partial charge in [0, 0.05) is 12.6 Å². The molecular weight excluding hydrogens is 210 g/mol. The molecule has 1 aromatic heterocycles. The Morgan fingerprint density at radius 3 is 2.88 bits per heavy atom. The summed E-state index contributed by atoms with van der Waals surface area (Å²) in [7, 11) is 0. The highest BCUT2D eigenvalue weighted by Crippen LogP contribution is 2.31. The topological polar surface area (TPSA) is 24.9 Å². The summed E-state index contributed by atoms with van der Waals surface area (Å²) in [4.78, 5) is 3.70. The van der Waals surface area contributed by atoms with Crippen molar-refractivity contribution in [2.75, 3.05) is 11.9 Å². The third kappa shape index (κ3) is 2.49. The van der Waals surface area contributed by atoms with Crippen LogP contribution in [0.2, 0.25) is 0 Å². The van der Waals surface area contributed by atoms with E-state index >= 15 is 0 Å². The van der Waals surface area contributed by atoms with Gasteiger partial charge < -0.3 is 5.32 Å². The van der Waals surface area contributed by atoms with E-state index in [2.05, 4.69) is 17.2 Å². The largest absolute Gasteiger partial charge is 0.367 e. The first-order valence-corrected chi connectivity index (χ1v) is 5.71. The Labute approximate surface area is 94.1 Å². The van der Waals surface area contributed by atoms with Crippen molar-refractivity contribution in [1.82, 2.24) is 4.98 Å². The average molecular weight is 226 g/mol. The normalized spacial score (nSPS) is 24.7. The van der Waals surface area contributed by atoms with E-state index in [9.17, 15) is 8.78 Å². The first-order valence-electron chi connectivity index (χ1n) is 5.71. The van der Waals surface area contributed by atoms with Crippen LogP contribution in [0.25, 0.3) is 0 Å². The van der Waals surface area contributed by atoms with Crippen LogP contribution >= 0.6 is 0 Å². The Bertz CT molecular complexity index is 368. The van der Waals surface area contributed by atoms with Crippen molar-refractivity contribution in [3.63, 3.8) is 0 Å². The monoisotopic (exact) mass is 226 g/mol. The van der Waals surface area contributed by atoms with E-state index in [0.717, 1.165) is 18.8 Å². The van der Waals surface area contributed by atoms with Crippen LogP contribution in [-0.2, 0) is 0 Å². The van der Waals surface area contributed by atoms with Crippen molar-refractivity contribution >= 4 is 5.82 Å². The highest BCUT2D eigenvalue weighted by atomic mass is 19.1. The van der Waals surface area contributed by atoms with E-state index in [1.54, 1.807) is 0 Å². The highest BCUT2D eigenvalue weighted by Gasteiger charge is 2.23. The lowest BCUT2D eigenvalue weighted by atomic mass is 9.98. The molecule has 2 nitrogen and oxygen atoms in total. The summed E-state index contributed by atoms with van der Waals surface area (Å²) in [5.41, 5.74) is 0. The van der Waals surface area contributed by atoms with E-state index in [-0.39, 0.29) is 5.82 Å². The van der Waals surface area contributed by atoms with Gasteiger partial charge in [-0.2, -0.15) is 0 Å². The van der Waals surface area contributed by atoms with Gasteiger partial charge in [0.2, 0.25) is 0 Å². The molecule has 88 valence electrons. The number of anilines is 1. The molecule has 0 spiro atoms. The van der Waals surface area contributed by atoms with Crippen molar-refractivity contribution in [3.05, 3.63) is 23.9 Å². The molecule has 0 aromatic carbocycles. The Kier molecular flexibility index (Phi) is 3.36. The van der Waals surface area contributed by atoms with Gasteiger partial charge in [0.25, 0.3) is 0 Å². The number of halogens is 2. The molecule has 1 aliphatic carbocycles. The summed E-state index contributed by atoms with van der Waals surface area (Å²) >= 11 is 0. The molecule has 1 N–H and O–H groups in total. The fourth-order valence-electron chi connectivity index (χ4n) is 2.30. The van der Waals surface area contributed by atoms with Crippen molar-refractivity contribution in [1.29, 1.82) is 0 Å². The molecule has 0 radical (unpaired) electrons. The minimum atomic E-state index is -0.641. The van der Waals surface area contributed by atoms with Crippen molar-refractivity contribution in [2.45, 2.75) is 26.2 Å². The molecule has 1 aliphatic rings. The van der Waals surface area contributed by atoms with Crippen LogP contribution in [0, 0.1) is 23.5 Å². The van der Waals surface area contributed by atoms with Gasteiger partial charge in [-0.15, -0.1) is 0 Å². The molecule has 4 heteroatoms. The van der Waals surface area contributed by atoms with Crippen LogP contribution in [0.4, 0.5) is 14.6 Å². The number of nitrogens with zero attached hydrogens (tertiary/aromatic N) is 1. The lowest BCUT2D eigenvalue weighted by molar-refractivity contribution is 0.438. The predicted octanol–water partition coefficient (Wildman–Crippen LogP) is 3.21. The maximum atomic E-state index is 13.3. The van der Waals surface area contributed by atoms with E-state index < -0.39 is 11.6 Å². The number of rotatable bonds is 3. The molecule has 1 heterocycles. The Morgan fingerprint density at radius 1 is 1.44 bits per heavy atom. The van der Waals surface area contributed by atoms with Crippen LogP contribution in [0.3, 0.4) is 0 Å². The van der Waals surface area contributed by atoms with Crippen molar-refractivity contribution in [3.8, 4) is 0 Å². The lowest BCUT2D eigenvalue weighted by Crippen LogP contribution is -2.17. The number of hydrogen-bond acceptors (Lipinski definition) is 2. The molecule has 0 bridgehead atoms. The molecule has 2 rings (SSSR count). The quantitative estimate of drug-likeness (QED) is 0.856. The number of hydrogen-bond donors (Lipinski definition) is 1. The lowest BCUT2D eigenvalue weighted by Gasteiger charge is -2.16. The van der Waals surface area contributed by atoms with E-state index in [4.69, 9.17) is 0 Å². The number of aromatic nitrogens is 1. The van der Waals surface area contributed by atoms with Gasteiger partial charge in [-0.05, 0) is 18.3 Å². The summed E-state index contributed by atoms with van der Waals surface area (Å²) in [6, 6.07) is 0.855. The molecule has 2 unspecified atom stereocenters. The molecule has 0 aliphatic heterocycles. The zero-order chi connectivity index (χ0) is 11.5. The minimum absolute atomic E-state index is 0.153. The molecule has 1 saturated carbocycles. The van der Waals surface area contributed by atoms with Gasteiger partial charge >= 0.3 is 0 Å². The van der Waals surface area contributed by atoms with Crippen LogP contribution in [0.1, 0.15) is 26.2 Å². The Balaban J connectivity index is 1.94. The second kappa shape index (κ2) is 4.76. The fourth-order valence-corrected chi connectivity index (χ4v) is 2.30. The second-order valence-corrected chi connectivity index (χ2v) is 4.53. The zero-order valence-electron chi connectivity index (χ0n) is 9.34.